The van der Waals surface area contributed by atoms with Crippen LogP contribution < -0.4 is 16.7 Å². The van der Waals surface area contributed by atoms with E-state index in [1.807, 2.05) is 0 Å². The van der Waals surface area contributed by atoms with Crippen molar-refractivity contribution in [2.45, 2.75) is 6.54 Å². The molecule has 0 atom stereocenters. The van der Waals surface area contributed by atoms with Crippen LogP contribution in [0.25, 0.3) is 11.0 Å². The van der Waals surface area contributed by atoms with Crippen LogP contribution in [0, 0.1) is 5.82 Å². The van der Waals surface area contributed by atoms with Gasteiger partial charge in [0.1, 0.15) is 17.8 Å². The number of amides is 1. The number of nitrogens with two attached hydrogens (primary N) is 1. The molecule has 4 N–H and O–H groups in total. The molecule has 0 saturated carbocycles. The number of H-pyrrole nitrogens is 1. The number of carbonyl (C=O) groups is 1. The first-order valence-electron chi connectivity index (χ1n) is 8.35. The van der Waals surface area contributed by atoms with Crippen molar-refractivity contribution in [1.82, 2.24) is 19.5 Å². The van der Waals surface area contributed by atoms with Gasteiger partial charge in [-0.15, -0.1) is 0 Å². The van der Waals surface area contributed by atoms with Crippen LogP contribution in [0.4, 0.5) is 15.9 Å². The lowest BCUT2D eigenvalue weighted by atomic mass is 10.1. The number of hydrogen-bond donors (Lipinski definition) is 3. The van der Waals surface area contributed by atoms with Crippen molar-refractivity contribution in [3.05, 3.63) is 82.4 Å². The summed E-state index contributed by atoms with van der Waals surface area (Å²) in [5, 5.41) is 2.64. The van der Waals surface area contributed by atoms with E-state index in [4.69, 9.17) is 5.73 Å². The smallest absolute Gasteiger partial charge is 0.326 e. The molecule has 28 heavy (non-hydrogen) atoms. The van der Waals surface area contributed by atoms with Crippen LogP contribution in [0.1, 0.15) is 15.9 Å². The minimum absolute atomic E-state index is 0.172. The van der Waals surface area contributed by atoms with E-state index in [-0.39, 0.29) is 24.0 Å². The Balaban J connectivity index is 1.55. The van der Waals surface area contributed by atoms with E-state index < -0.39 is 5.82 Å². The van der Waals surface area contributed by atoms with E-state index in [0.717, 1.165) is 5.56 Å². The number of anilines is 2. The summed E-state index contributed by atoms with van der Waals surface area (Å²) < 4.78 is 15.0. The van der Waals surface area contributed by atoms with Crippen LogP contribution >= 0.6 is 0 Å². The zero-order valence-electron chi connectivity index (χ0n) is 14.5. The summed E-state index contributed by atoms with van der Waals surface area (Å²) in [6, 6.07) is 10.8. The van der Waals surface area contributed by atoms with E-state index in [0.29, 0.717) is 22.3 Å². The SMILES string of the molecule is Nc1ncncc1NC(=O)c1ccc(Cn2c(=O)[nH]c3ccc(F)cc32)cc1. The molecular weight excluding hydrogens is 363 g/mol. The van der Waals surface area contributed by atoms with Crippen LogP contribution in [0.3, 0.4) is 0 Å². The highest BCUT2D eigenvalue weighted by Crippen LogP contribution is 2.16. The van der Waals surface area contributed by atoms with Crippen LogP contribution in [0.2, 0.25) is 0 Å². The average molecular weight is 378 g/mol. The Hall–Kier alpha value is -4.01. The summed E-state index contributed by atoms with van der Waals surface area (Å²) in [4.78, 5) is 34.8. The van der Waals surface area contributed by atoms with Crippen LogP contribution in [0.15, 0.2) is 59.8 Å². The Bertz CT molecular complexity index is 1230. The quantitative estimate of drug-likeness (QED) is 0.503. The maximum atomic E-state index is 13.5. The fourth-order valence-corrected chi connectivity index (χ4v) is 2.86. The molecule has 1 amide bonds. The molecule has 0 fully saturated rings. The lowest BCUT2D eigenvalue weighted by Gasteiger charge is -2.08. The van der Waals surface area contributed by atoms with E-state index in [9.17, 15) is 14.0 Å². The van der Waals surface area contributed by atoms with Crippen molar-refractivity contribution in [1.29, 1.82) is 0 Å². The Morgan fingerprint density at radius 2 is 2.00 bits per heavy atom. The number of fused-ring (bicyclic) bond motifs is 1. The number of nitrogens with zero attached hydrogens (tertiary/aromatic N) is 3. The second-order valence-electron chi connectivity index (χ2n) is 6.15. The zero-order valence-corrected chi connectivity index (χ0v) is 14.5. The standard InChI is InChI=1S/C19H15FN6O2/c20-13-5-6-14-16(7-13)26(19(28)25-14)9-11-1-3-12(4-2-11)18(27)24-15-8-22-10-23-17(15)21/h1-8,10H,9H2,(H,24,27)(H,25,28)(H2,21,22,23). The summed E-state index contributed by atoms with van der Waals surface area (Å²) in [7, 11) is 0. The summed E-state index contributed by atoms with van der Waals surface area (Å²) in [6.07, 6.45) is 2.70. The fraction of sp³-hybridized carbons (Fsp3) is 0.0526. The molecule has 0 unspecified atom stereocenters. The second kappa shape index (κ2) is 6.95. The van der Waals surface area contributed by atoms with Gasteiger partial charge < -0.3 is 16.0 Å². The van der Waals surface area contributed by atoms with Crippen molar-refractivity contribution in [3.63, 3.8) is 0 Å². The van der Waals surface area contributed by atoms with Crippen LogP contribution in [0.5, 0.6) is 0 Å². The zero-order chi connectivity index (χ0) is 19.7. The van der Waals surface area contributed by atoms with Gasteiger partial charge in [-0.3, -0.25) is 9.36 Å². The number of halogens is 1. The van der Waals surface area contributed by atoms with Gasteiger partial charge in [0.2, 0.25) is 0 Å². The number of nitrogens with one attached hydrogen (secondary N) is 2. The molecule has 0 radical (unpaired) electrons. The third kappa shape index (κ3) is 3.32. The molecule has 140 valence electrons. The molecule has 8 nitrogen and oxygen atoms in total. The second-order valence-corrected chi connectivity index (χ2v) is 6.15. The molecule has 0 spiro atoms. The molecule has 4 aromatic rings. The number of rotatable bonds is 4. The largest absolute Gasteiger partial charge is 0.382 e. The molecular formula is C19H15FN6O2. The van der Waals surface area contributed by atoms with Gasteiger partial charge in [0.05, 0.1) is 23.8 Å². The first-order chi connectivity index (χ1) is 13.5. The lowest BCUT2D eigenvalue weighted by Crippen LogP contribution is -2.17. The third-order valence-electron chi connectivity index (χ3n) is 4.29. The average Bonchev–Trinajstić information content (AvgIpc) is 2.99. The monoisotopic (exact) mass is 378 g/mol. The number of imidazole rings is 1. The van der Waals surface area contributed by atoms with E-state index in [1.165, 1.54) is 35.3 Å². The van der Waals surface area contributed by atoms with Crippen LogP contribution in [-0.2, 0) is 6.54 Å². The first kappa shape index (κ1) is 17.4. The summed E-state index contributed by atoms with van der Waals surface area (Å²) >= 11 is 0. The maximum absolute atomic E-state index is 13.5. The molecule has 0 aliphatic carbocycles. The molecule has 2 heterocycles. The molecule has 9 heteroatoms. The topological polar surface area (TPSA) is 119 Å². The Morgan fingerprint density at radius 1 is 1.21 bits per heavy atom. The highest BCUT2D eigenvalue weighted by molar-refractivity contribution is 6.05. The molecule has 0 aliphatic heterocycles. The number of aromatic nitrogens is 4. The number of aromatic amines is 1. The van der Waals surface area contributed by atoms with Gasteiger partial charge in [0.15, 0.2) is 5.82 Å². The van der Waals surface area contributed by atoms with E-state index >= 15 is 0 Å². The predicted molar refractivity (Wildman–Crippen MR) is 102 cm³/mol. The van der Waals surface area contributed by atoms with Gasteiger partial charge in [-0.05, 0) is 35.9 Å². The van der Waals surface area contributed by atoms with E-state index in [2.05, 4.69) is 20.3 Å². The number of nitrogen functional groups attached to an aromatic ring is 1. The Morgan fingerprint density at radius 3 is 2.75 bits per heavy atom. The molecule has 2 aromatic heterocycles. The summed E-state index contributed by atoms with van der Waals surface area (Å²) in [5.41, 5.74) is 7.91. The van der Waals surface area contributed by atoms with Crippen molar-refractivity contribution in [2.24, 2.45) is 0 Å². The van der Waals surface area contributed by atoms with Crippen molar-refractivity contribution in [3.8, 4) is 0 Å². The van der Waals surface area contributed by atoms with Gasteiger partial charge in [-0.1, -0.05) is 12.1 Å². The minimum atomic E-state index is -0.420. The van der Waals surface area contributed by atoms with Crippen LogP contribution in [-0.4, -0.2) is 25.4 Å². The molecule has 0 saturated heterocycles. The lowest BCUT2D eigenvalue weighted by molar-refractivity contribution is 0.102. The summed E-state index contributed by atoms with van der Waals surface area (Å²) in [6.45, 7) is 0.240. The van der Waals surface area contributed by atoms with E-state index in [1.54, 1.807) is 24.3 Å². The highest BCUT2D eigenvalue weighted by atomic mass is 19.1. The fourth-order valence-electron chi connectivity index (χ4n) is 2.86. The molecule has 2 aromatic carbocycles. The predicted octanol–water partition coefficient (Wildman–Crippen LogP) is 2.14. The van der Waals surface area contributed by atoms with Gasteiger partial charge >= 0.3 is 5.69 Å². The van der Waals surface area contributed by atoms with Crippen molar-refractivity contribution in [2.75, 3.05) is 11.1 Å². The maximum Gasteiger partial charge on any atom is 0.326 e. The van der Waals surface area contributed by atoms with Gasteiger partial charge in [-0.25, -0.2) is 19.2 Å². The summed E-state index contributed by atoms with van der Waals surface area (Å²) in [5.74, 6) is -0.610. The molecule has 0 bridgehead atoms. The number of carbonyl (C=O) groups excluding carboxylic acids is 1. The third-order valence-corrected chi connectivity index (χ3v) is 4.29. The number of benzene rings is 2. The Labute approximate surface area is 157 Å². The molecule has 0 aliphatic rings. The van der Waals surface area contributed by atoms with Gasteiger partial charge in [-0.2, -0.15) is 0 Å². The normalized spacial score (nSPS) is 10.9. The Kier molecular flexibility index (Phi) is 4.32. The highest BCUT2D eigenvalue weighted by Gasteiger charge is 2.11. The molecule has 4 rings (SSSR count). The van der Waals surface area contributed by atoms with Crippen molar-refractivity contribution >= 4 is 28.4 Å². The van der Waals surface area contributed by atoms with Gasteiger partial charge in [0, 0.05) is 5.56 Å². The number of hydrogen-bond acceptors (Lipinski definition) is 5. The first-order valence-corrected chi connectivity index (χ1v) is 8.35. The van der Waals surface area contributed by atoms with Gasteiger partial charge in [0.25, 0.3) is 5.91 Å². The minimum Gasteiger partial charge on any atom is -0.382 e. The van der Waals surface area contributed by atoms with Crippen molar-refractivity contribution < 1.29 is 9.18 Å².